The lowest BCUT2D eigenvalue weighted by Crippen LogP contribution is -2.10. The first-order chi connectivity index (χ1) is 6.81. The summed E-state index contributed by atoms with van der Waals surface area (Å²) < 4.78 is 10.4. The van der Waals surface area contributed by atoms with Gasteiger partial charge < -0.3 is 14.8 Å². The molecule has 3 nitrogen and oxygen atoms in total. The highest BCUT2D eigenvalue weighted by atomic mass is 79.9. The molecule has 0 aliphatic carbocycles. The van der Waals surface area contributed by atoms with Crippen molar-refractivity contribution in [3.8, 4) is 11.5 Å². The van der Waals surface area contributed by atoms with Gasteiger partial charge in [0.2, 0.25) is 0 Å². The van der Waals surface area contributed by atoms with Gasteiger partial charge in [0.15, 0.2) is 0 Å². The summed E-state index contributed by atoms with van der Waals surface area (Å²) in [6, 6.07) is 5.76. The van der Waals surface area contributed by atoms with Crippen molar-refractivity contribution in [1.29, 1.82) is 0 Å². The fourth-order valence-electron chi connectivity index (χ4n) is 1.20. The van der Waals surface area contributed by atoms with Crippen molar-refractivity contribution in [2.45, 2.75) is 6.54 Å². The van der Waals surface area contributed by atoms with Crippen molar-refractivity contribution in [3.05, 3.63) is 23.8 Å². The van der Waals surface area contributed by atoms with Gasteiger partial charge >= 0.3 is 0 Å². The molecule has 0 atom stereocenters. The van der Waals surface area contributed by atoms with Crippen LogP contribution in [0.3, 0.4) is 0 Å². The van der Waals surface area contributed by atoms with E-state index in [4.69, 9.17) is 9.47 Å². The van der Waals surface area contributed by atoms with E-state index in [1.54, 1.807) is 14.2 Å². The molecule has 1 aromatic rings. The third kappa shape index (κ3) is 2.89. The quantitative estimate of drug-likeness (QED) is 0.650. The van der Waals surface area contributed by atoms with E-state index in [0.717, 1.165) is 29.1 Å². The number of hydrogen-bond acceptors (Lipinski definition) is 3. The number of alkyl halides is 1. The first kappa shape index (κ1) is 11.3. The maximum absolute atomic E-state index is 5.23. The normalized spacial score (nSPS) is 9.93. The van der Waals surface area contributed by atoms with Crippen molar-refractivity contribution in [2.75, 3.05) is 19.7 Å². The molecule has 1 rings (SSSR count). The Labute approximate surface area is 92.5 Å². The lowest BCUT2D eigenvalue weighted by molar-refractivity contribution is 0.397. The number of rotatable bonds is 5. The van der Waals surface area contributed by atoms with E-state index in [0.29, 0.717) is 0 Å². The molecule has 1 aromatic carbocycles. The van der Waals surface area contributed by atoms with Gasteiger partial charge in [0.05, 0.1) is 19.7 Å². The van der Waals surface area contributed by atoms with Crippen LogP contribution in [0.25, 0.3) is 0 Å². The molecular formula is C10H14BrNO2. The molecule has 0 fully saturated rings. The molecule has 0 aliphatic heterocycles. The van der Waals surface area contributed by atoms with Crippen LogP contribution in [0.4, 0.5) is 0 Å². The van der Waals surface area contributed by atoms with E-state index < -0.39 is 0 Å². The van der Waals surface area contributed by atoms with Crippen molar-refractivity contribution >= 4 is 15.9 Å². The van der Waals surface area contributed by atoms with Gasteiger partial charge in [-0.3, -0.25) is 0 Å². The topological polar surface area (TPSA) is 30.5 Å². The maximum atomic E-state index is 5.23. The van der Waals surface area contributed by atoms with E-state index >= 15 is 0 Å². The predicted molar refractivity (Wildman–Crippen MR) is 60.2 cm³/mol. The fraction of sp³-hybridized carbons (Fsp3) is 0.400. The van der Waals surface area contributed by atoms with Gasteiger partial charge in [0.25, 0.3) is 0 Å². The number of methoxy groups -OCH3 is 2. The Morgan fingerprint density at radius 1 is 1.29 bits per heavy atom. The summed E-state index contributed by atoms with van der Waals surface area (Å²) in [5, 5.41) is 3.17. The van der Waals surface area contributed by atoms with Crippen LogP contribution in [0.2, 0.25) is 0 Å². The summed E-state index contributed by atoms with van der Waals surface area (Å²) in [6.07, 6.45) is 0. The number of hydrogen-bond donors (Lipinski definition) is 1. The Balaban J connectivity index is 2.84. The van der Waals surface area contributed by atoms with E-state index in [9.17, 15) is 0 Å². The average Bonchev–Trinajstić information content (AvgIpc) is 2.25. The third-order valence-corrected chi connectivity index (χ3v) is 2.29. The molecule has 0 saturated carbocycles. The highest BCUT2D eigenvalue weighted by molar-refractivity contribution is 9.09. The second-order valence-electron chi connectivity index (χ2n) is 2.74. The summed E-state index contributed by atoms with van der Waals surface area (Å²) in [7, 11) is 3.32. The molecule has 0 aromatic heterocycles. The summed E-state index contributed by atoms with van der Waals surface area (Å²) in [6.45, 7) is 0.756. The fourth-order valence-corrected chi connectivity index (χ4v) is 1.40. The van der Waals surface area contributed by atoms with Crippen LogP contribution in [-0.4, -0.2) is 19.7 Å². The molecule has 0 radical (unpaired) electrons. The SMILES string of the molecule is COc1ccc(OC)c(CNCBr)c1. The molecule has 0 bridgehead atoms. The number of halogens is 1. The molecule has 0 heterocycles. The van der Waals surface area contributed by atoms with Crippen molar-refractivity contribution in [2.24, 2.45) is 0 Å². The first-order valence-corrected chi connectivity index (χ1v) is 5.41. The van der Waals surface area contributed by atoms with Gasteiger partial charge in [-0.25, -0.2) is 0 Å². The second-order valence-corrected chi connectivity index (χ2v) is 3.30. The van der Waals surface area contributed by atoms with Crippen LogP contribution in [0.1, 0.15) is 5.56 Å². The highest BCUT2D eigenvalue weighted by Crippen LogP contribution is 2.23. The van der Waals surface area contributed by atoms with Crippen LogP contribution >= 0.6 is 15.9 Å². The van der Waals surface area contributed by atoms with Crippen LogP contribution in [-0.2, 0) is 6.54 Å². The second kappa shape index (κ2) is 5.88. The highest BCUT2D eigenvalue weighted by Gasteiger charge is 2.03. The molecule has 0 saturated heterocycles. The monoisotopic (exact) mass is 259 g/mol. The predicted octanol–water partition coefficient (Wildman–Crippen LogP) is 2.15. The molecule has 4 heteroatoms. The zero-order chi connectivity index (χ0) is 10.4. The summed E-state index contributed by atoms with van der Waals surface area (Å²) in [4.78, 5) is 0. The first-order valence-electron chi connectivity index (χ1n) is 4.29. The third-order valence-electron chi connectivity index (χ3n) is 1.90. The summed E-state index contributed by atoms with van der Waals surface area (Å²) in [5.74, 6) is 1.72. The van der Waals surface area contributed by atoms with Gasteiger partial charge in [-0.05, 0) is 18.2 Å². The number of benzene rings is 1. The minimum atomic E-state index is 0.756. The van der Waals surface area contributed by atoms with Crippen LogP contribution in [0, 0.1) is 0 Å². The minimum absolute atomic E-state index is 0.756. The Hall–Kier alpha value is -0.740. The summed E-state index contributed by atoms with van der Waals surface area (Å²) >= 11 is 3.31. The van der Waals surface area contributed by atoms with Crippen molar-refractivity contribution in [1.82, 2.24) is 5.32 Å². The molecule has 1 N–H and O–H groups in total. The Kier molecular flexibility index (Phi) is 4.76. The van der Waals surface area contributed by atoms with Gasteiger partial charge in [-0.15, -0.1) is 0 Å². The largest absolute Gasteiger partial charge is 0.497 e. The standard InChI is InChI=1S/C10H14BrNO2/c1-13-9-3-4-10(14-2)8(5-9)6-12-7-11/h3-5,12H,6-7H2,1-2H3. The van der Waals surface area contributed by atoms with E-state index in [2.05, 4.69) is 21.2 Å². The zero-order valence-electron chi connectivity index (χ0n) is 8.34. The van der Waals surface area contributed by atoms with Crippen LogP contribution < -0.4 is 14.8 Å². The number of nitrogens with one attached hydrogen (secondary N) is 1. The number of ether oxygens (including phenoxy) is 2. The van der Waals surface area contributed by atoms with Crippen LogP contribution in [0.15, 0.2) is 18.2 Å². The summed E-state index contributed by atoms with van der Waals surface area (Å²) in [5.41, 5.74) is 1.85. The van der Waals surface area contributed by atoms with Gasteiger partial charge in [-0.1, -0.05) is 15.9 Å². The van der Waals surface area contributed by atoms with E-state index in [1.807, 2.05) is 18.2 Å². The molecule has 0 unspecified atom stereocenters. The Bertz CT molecular complexity index is 291. The lowest BCUT2D eigenvalue weighted by atomic mass is 10.2. The molecule has 0 spiro atoms. The lowest BCUT2D eigenvalue weighted by Gasteiger charge is -2.10. The van der Waals surface area contributed by atoms with Gasteiger partial charge in [-0.2, -0.15) is 0 Å². The van der Waals surface area contributed by atoms with Gasteiger partial charge in [0, 0.05) is 12.1 Å². The zero-order valence-corrected chi connectivity index (χ0v) is 9.93. The molecule has 0 aliphatic rings. The molecule has 78 valence electrons. The van der Waals surface area contributed by atoms with Crippen LogP contribution in [0.5, 0.6) is 11.5 Å². The molecule has 0 amide bonds. The van der Waals surface area contributed by atoms with E-state index in [1.165, 1.54) is 0 Å². The minimum Gasteiger partial charge on any atom is -0.497 e. The van der Waals surface area contributed by atoms with Gasteiger partial charge in [0.1, 0.15) is 11.5 Å². The molecular weight excluding hydrogens is 246 g/mol. The average molecular weight is 260 g/mol. The maximum Gasteiger partial charge on any atom is 0.123 e. The van der Waals surface area contributed by atoms with Crippen molar-refractivity contribution in [3.63, 3.8) is 0 Å². The Morgan fingerprint density at radius 3 is 2.64 bits per heavy atom. The smallest absolute Gasteiger partial charge is 0.123 e. The molecule has 14 heavy (non-hydrogen) atoms. The Morgan fingerprint density at radius 2 is 2.07 bits per heavy atom. The van der Waals surface area contributed by atoms with Crippen molar-refractivity contribution < 1.29 is 9.47 Å². The van der Waals surface area contributed by atoms with E-state index in [-0.39, 0.29) is 0 Å².